The minimum Gasteiger partial charge on any atom is -0.493 e. The molecule has 1 saturated heterocycles. The number of nitrogens with zero attached hydrogens (tertiary/aromatic N) is 3. The number of fused-ring (bicyclic) bond motifs is 1. The standard InChI is InChI=1S/C40H38ClN3O5/c1-26-32(5-3-8-37(26)47-16-4-13-44-14-11-31(46)12-15-44)33-6-2-7-35-34(33)9-10-38(35)49-40-21-39(30(24-45)20-36(40)41)48-25-29-18-27(22-42)17-28(19-29)23-43/h2-3,5-8,17-21,24,31,38,46H,4,9-16,25H2,1H3. The van der Waals surface area contributed by atoms with Gasteiger partial charge < -0.3 is 24.2 Å². The van der Waals surface area contributed by atoms with E-state index in [4.69, 9.17) is 25.8 Å². The van der Waals surface area contributed by atoms with Crippen LogP contribution in [0.5, 0.6) is 17.2 Å². The smallest absolute Gasteiger partial charge is 0.153 e. The zero-order valence-electron chi connectivity index (χ0n) is 27.5. The van der Waals surface area contributed by atoms with Crippen LogP contribution in [0, 0.1) is 29.6 Å². The highest BCUT2D eigenvalue weighted by Crippen LogP contribution is 2.44. The molecule has 0 radical (unpaired) electrons. The summed E-state index contributed by atoms with van der Waals surface area (Å²) >= 11 is 6.61. The second kappa shape index (κ2) is 15.6. The van der Waals surface area contributed by atoms with E-state index in [2.05, 4.69) is 48.2 Å². The van der Waals surface area contributed by atoms with E-state index in [-0.39, 0.29) is 24.4 Å². The van der Waals surface area contributed by atoms with Gasteiger partial charge in [0.2, 0.25) is 0 Å². The number of aldehydes is 1. The third-order valence-corrected chi connectivity index (χ3v) is 9.62. The first-order valence-electron chi connectivity index (χ1n) is 16.6. The summed E-state index contributed by atoms with van der Waals surface area (Å²) in [5, 5.41) is 28.7. The van der Waals surface area contributed by atoms with E-state index in [1.807, 2.05) is 12.1 Å². The van der Waals surface area contributed by atoms with Gasteiger partial charge in [-0.2, -0.15) is 10.5 Å². The molecule has 0 bridgehead atoms. The largest absolute Gasteiger partial charge is 0.493 e. The number of carbonyl (C=O) groups is 1. The Hall–Kier alpha value is -4.86. The normalized spacial score (nSPS) is 16.0. The lowest BCUT2D eigenvalue weighted by molar-refractivity contribution is 0.0800. The van der Waals surface area contributed by atoms with Crippen LogP contribution in [0.15, 0.2) is 66.7 Å². The Morgan fingerprint density at radius 1 is 0.918 bits per heavy atom. The van der Waals surface area contributed by atoms with Crippen molar-refractivity contribution in [2.24, 2.45) is 0 Å². The van der Waals surface area contributed by atoms with Crippen molar-refractivity contribution in [3.63, 3.8) is 0 Å². The molecule has 0 amide bonds. The van der Waals surface area contributed by atoms with Crippen molar-refractivity contribution in [3.05, 3.63) is 111 Å². The Bertz CT molecular complexity index is 1890. The molecule has 6 rings (SSSR count). The lowest BCUT2D eigenvalue weighted by atomic mass is 9.93. The van der Waals surface area contributed by atoms with Crippen molar-refractivity contribution in [3.8, 4) is 40.5 Å². The average Bonchev–Trinajstić information content (AvgIpc) is 3.54. The summed E-state index contributed by atoms with van der Waals surface area (Å²) in [4.78, 5) is 14.3. The summed E-state index contributed by atoms with van der Waals surface area (Å²) in [6.45, 7) is 5.63. The molecule has 4 aromatic carbocycles. The van der Waals surface area contributed by atoms with Gasteiger partial charge in [0.1, 0.15) is 30.0 Å². The first-order chi connectivity index (χ1) is 23.9. The number of halogens is 1. The summed E-state index contributed by atoms with van der Waals surface area (Å²) in [6.07, 6.45) is 4.47. The molecule has 1 heterocycles. The quantitative estimate of drug-likeness (QED) is 0.120. The van der Waals surface area contributed by atoms with Gasteiger partial charge in [0, 0.05) is 25.7 Å². The van der Waals surface area contributed by atoms with E-state index < -0.39 is 0 Å². The Kier molecular flexibility index (Phi) is 10.8. The van der Waals surface area contributed by atoms with Gasteiger partial charge in [-0.3, -0.25) is 4.79 Å². The van der Waals surface area contributed by atoms with E-state index in [0.717, 1.165) is 79.7 Å². The third-order valence-electron chi connectivity index (χ3n) is 9.33. The lowest BCUT2D eigenvalue weighted by Crippen LogP contribution is -2.36. The molecule has 0 spiro atoms. The van der Waals surface area contributed by atoms with E-state index in [9.17, 15) is 20.4 Å². The highest BCUT2D eigenvalue weighted by molar-refractivity contribution is 6.32. The van der Waals surface area contributed by atoms with Crippen molar-refractivity contribution < 1.29 is 24.1 Å². The van der Waals surface area contributed by atoms with E-state index in [0.29, 0.717) is 46.1 Å². The number of likely N-dealkylation sites (tertiary alicyclic amines) is 1. The number of hydrogen-bond acceptors (Lipinski definition) is 8. The van der Waals surface area contributed by atoms with Crippen LogP contribution in [0.3, 0.4) is 0 Å². The fourth-order valence-electron chi connectivity index (χ4n) is 6.74. The average molecular weight is 676 g/mol. The maximum Gasteiger partial charge on any atom is 0.153 e. The predicted molar refractivity (Wildman–Crippen MR) is 187 cm³/mol. The molecule has 250 valence electrons. The first kappa shape index (κ1) is 34.0. The van der Waals surface area contributed by atoms with Crippen molar-refractivity contribution in [1.82, 2.24) is 4.90 Å². The maximum absolute atomic E-state index is 11.9. The fraction of sp³-hybridized carbons (Fsp3) is 0.325. The molecule has 1 aliphatic heterocycles. The molecule has 1 N–H and O–H groups in total. The predicted octanol–water partition coefficient (Wildman–Crippen LogP) is 7.74. The van der Waals surface area contributed by atoms with Crippen molar-refractivity contribution in [2.45, 2.75) is 57.8 Å². The maximum atomic E-state index is 11.9. The molecular formula is C40H38ClN3O5. The van der Waals surface area contributed by atoms with Gasteiger partial charge in [-0.05, 0) is 103 Å². The number of hydrogen-bond donors (Lipinski definition) is 1. The zero-order valence-corrected chi connectivity index (χ0v) is 28.2. The Morgan fingerprint density at radius 3 is 2.39 bits per heavy atom. The summed E-state index contributed by atoms with van der Waals surface area (Å²) in [6, 6.07) is 24.6. The molecule has 49 heavy (non-hydrogen) atoms. The molecule has 0 aromatic heterocycles. The van der Waals surface area contributed by atoms with Crippen LogP contribution in [0.1, 0.15) is 75.5 Å². The summed E-state index contributed by atoms with van der Waals surface area (Å²) < 4.78 is 18.8. The topological polar surface area (TPSA) is 116 Å². The summed E-state index contributed by atoms with van der Waals surface area (Å²) in [5.41, 5.74) is 7.30. The van der Waals surface area contributed by atoms with Gasteiger partial charge >= 0.3 is 0 Å². The van der Waals surface area contributed by atoms with Crippen LogP contribution in [0.25, 0.3) is 11.1 Å². The molecular weight excluding hydrogens is 638 g/mol. The van der Waals surface area contributed by atoms with E-state index in [1.54, 1.807) is 18.2 Å². The van der Waals surface area contributed by atoms with Gasteiger partial charge in [-0.25, -0.2) is 0 Å². The van der Waals surface area contributed by atoms with Crippen LogP contribution >= 0.6 is 11.6 Å². The molecule has 8 nitrogen and oxygen atoms in total. The second-order valence-corrected chi connectivity index (χ2v) is 13.0. The highest BCUT2D eigenvalue weighted by Gasteiger charge is 2.28. The number of piperidine rings is 1. The number of carbonyl (C=O) groups excluding carboxylic acids is 1. The van der Waals surface area contributed by atoms with Crippen molar-refractivity contribution in [1.29, 1.82) is 10.5 Å². The number of nitriles is 2. The number of ether oxygens (including phenoxy) is 3. The SMILES string of the molecule is Cc1c(OCCCN2CCC(O)CC2)cccc1-c1cccc2c1CCC2Oc1cc(OCc2cc(C#N)cc(C#N)c2)c(C=O)cc1Cl. The molecule has 0 saturated carbocycles. The molecule has 2 aliphatic rings. The fourth-order valence-corrected chi connectivity index (χ4v) is 6.96. The molecule has 9 heteroatoms. The Morgan fingerprint density at radius 2 is 1.65 bits per heavy atom. The monoisotopic (exact) mass is 675 g/mol. The molecule has 1 unspecified atom stereocenters. The molecule has 1 atom stereocenters. The zero-order chi connectivity index (χ0) is 34.3. The van der Waals surface area contributed by atoms with Crippen molar-refractivity contribution >= 4 is 17.9 Å². The number of aliphatic hydroxyl groups excluding tert-OH is 1. The Balaban J connectivity index is 1.16. The van der Waals surface area contributed by atoms with Crippen LogP contribution in [-0.2, 0) is 13.0 Å². The van der Waals surface area contributed by atoms with E-state index in [1.165, 1.54) is 17.7 Å². The van der Waals surface area contributed by atoms with Crippen LogP contribution in [0.2, 0.25) is 5.02 Å². The molecule has 4 aromatic rings. The van der Waals surface area contributed by atoms with Gasteiger partial charge in [0.05, 0.1) is 46.6 Å². The minimum absolute atomic E-state index is 0.0489. The highest BCUT2D eigenvalue weighted by atomic mass is 35.5. The van der Waals surface area contributed by atoms with Crippen molar-refractivity contribution in [2.75, 3.05) is 26.2 Å². The molecule has 1 aliphatic carbocycles. The summed E-state index contributed by atoms with van der Waals surface area (Å²) in [5.74, 6) is 1.58. The van der Waals surface area contributed by atoms with Gasteiger partial charge in [0.15, 0.2) is 6.29 Å². The number of rotatable bonds is 12. The summed E-state index contributed by atoms with van der Waals surface area (Å²) in [7, 11) is 0. The van der Waals surface area contributed by atoms with Crippen LogP contribution in [-0.4, -0.2) is 48.6 Å². The Labute approximate surface area is 292 Å². The first-order valence-corrected chi connectivity index (χ1v) is 17.0. The van der Waals surface area contributed by atoms with Gasteiger partial charge in [-0.15, -0.1) is 0 Å². The second-order valence-electron chi connectivity index (χ2n) is 12.6. The molecule has 1 fully saturated rings. The minimum atomic E-state index is -0.247. The van der Waals surface area contributed by atoms with Gasteiger partial charge in [0.25, 0.3) is 0 Å². The lowest BCUT2D eigenvalue weighted by Gasteiger charge is -2.29. The number of aliphatic hydroxyl groups is 1. The third kappa shape index (κ3) is 7.90. The van der Waals surface area contributed by atoms with E-state index >= 15 is 0 Å². The van der Waals surface area contributed by atoms with Crippen LogP contribution < -0.4 is 14.2 Å². The van der Waals surface area contributed by atoms with Crippen LogP contribution in [0.4, 0.5) is 0 Å². The van der Waals surface area contributed by atoms with Gasteiger partial charge in [-0.1, -0.05) is 41.9 Å². The number of benzene rings is 4.